The van der Waals surface area contributed by atoms with Gasteiger partial charge in [0, 0.05) is 23.6 Å². The first-order valence-electron chi connectivity index (χ1n) is 7.65. The fourth-order valence-electron chi connectivity index (χ4n) is 3.09. The van der Waals surface area contributed by atoms with Gasteiger partial charge in [0.2, 0.25) is 0 Å². The van der Waals surface area contributed by atoms with Crippen LogP contribution in [-0.2, 0) is 16.2 Å². The molecular weight excluding hydrogens is 308 g/mol. The summed E-state index contributed by atoms with van der Waals surface area (Å²) in [6, 6.07) is 10.6. The minimum Gasteiger partial charge on any atom is -0.507 e. The third-order valence-corrected chi connectivity index (χ3v) is 4.20. The third kappa shape index (κ3) is 2.11. The van der Waals surface area contributed by atoms with Crippen molar-refractivity contribution in [2.45, 2.75) is 6.73 Å². The Bertz CT molecular complexity index is 946. The maximum absolute atomic E-state index is 12.8. The van der Waals surface area contributed by atoms with Crippen molar-refractivity contribution in [3.63, 3.8) is 0 Å². The molecule has 1 aromatic heterocycles. The van der Waals surface area contributed by atoms with Gasteiger partial charge in [0.05, 0.1) is 24.3 Å². The third-order valence-electron chi connectivity index (χ3n) is 4.20. The van der Waals surface area contributed by atoms with Crippen molar-refractivity contribution in [1.82, 2.24) is 9.78 Å². The van der Waals surface area contributed by atoms with Crippen LogP contribution in [0.2, 0.25) is 0 Å². The second-order valence-corrected chi connectivity index (χ2v) is 5.61. The lowest BCUT2D eigenvalue weighted by Gasteiger charge is -2.15. The molecule has 122 valence electrons. The lowest BCUT2D eigenvalue weighted by Crippen LogP contribution is -2.09. The monoisotopic (exact) mass is 324 g/mol. The van der Waals surface area contributed by atoms with Crippen LogP contribution < -0.4 is 0 Å². The number of phenols is 1. The molecule has 0 spiro atoms. The first-order valence-corrected chi connectivity index (χ1v) is 7.65. The summed E-state index contributed by atoms with van der Waals surface area (Å²) in [5, 5.41) is 15.5. The van der Waals surface area contributed by atoms with E-state index >= 15 is 0 Å². The first kappa shape index (κ1) is 14.9. The molecule has 3 aromatic rings. The maximum atomic E-state index is 12.8. The fourth-order valence-corrected chi connectivity index (χ4v) is 3.09. The average molecular weight is 324 g/mol. The highest BCUT2D eigenvalue weighted by molar-refractivity contribution is 6.26. The number of methoxy groups -OCH3 is 1. The molecule has 0 aliphatic heterocycles. The quantitative estimate of drug-likeness (QED) is 0.571. The van der Waals surface area contributed by atoms with Crippen molar-refractivity contribution >= 4 is 16.7 Å². The summed E-state index contributed by atoms with van der Waals surface area (Å²) in [7, 11) is 1.62. The van der Waals surface area contributed by atoms with Crippen molar-refractivity contribution in [1.29, 1.82) is 0 Å². The van der Waals surface area contributed by atoms with E-state index in [9.17, 15) is 9.90 Å². The predicted molar refractivity (Wildman–Crippen MR) is 88.1 cm³/mol. The van der Waals surface area contributed by atoms with Crippen molar-refractivity contribution < 1.29 is 19.4 Å². The normalized spacial score (nSPS) is 12.6. The Hall–Kier alpha value is -2.70. The Morgan fingerprint density at radius 2 is 1.92 bits per heavy atom. The first-order chi connectivity index (χ1) is 11.7. The molecule has 1 aliphatic carbocycles. The number of hydrogen-bond donors (Lipinski definition) is 1. The number of phenolic OH excluding ortho intramolecular Hbond substituents is 1. The Labute approximate surface area is 138 Å². The Morgan fingerprint density at radius 1 is 1.12 bits per heavy atom. The average Bonchev–Trinajstić information content (AvgIpc) is 2.97. The number of benzene rings is 2. The highest BCUT2D eigenvalue weighted by Gasteiger charge is 2.30. The molecule has 6 heteroatoms. The molecule has 0 unspecified atom stereocenters. The van der Waals surface area contributed by atoms with E-state index in [1.54, 1.807) is 23.9 Å². The van der Waals surface area contributed by atoms with E-state index in [0.717, 1.165) is 11.1 Å². The zero-order chi connectivity index (χ0) is 16.7. The number of aromatic nitrogens is 2. The predicted octanol–water partition coefficient (Wildman–Crippen LogP) is 2.57. The van der Waals surface area contributed by atoms with Crippen LogP contribution in [0.1, 0.15) is 15.9 Å². The molecular formula is C18H16N2O4. The summed E-state index contributed by atoms with van der Waals surface area (Å²) in [6.45, 7) is 1.20. The molecule has 0 amide bonds. The van der Waals surface area contributed by atoms with Gasteiger partial charge in [-0.25, -0.2) is 4.68 Å². The largest absolute Gasteiger partial charge is 0.507 e. The maximum Gasteiger partial charge on any atom is 0.198 e. The summed E-state index contributed by atoms with van der Waals surface area (Å²) >= 11 is 0. The van der Waals surface area contributed by atoms with Gasteiger partial charge in [0.1, 0.15) is 18.2 Å². The molecule has 6 nitrogen and oxygen atoms in total. The molecule has 0 bridgehead atoms. The summed E-state index contributed by atoms with van der Waals surface area (Å²) in [6.07, 6.45) is 0. The standard InChI is InChI=1S/C18H16N2O4/c1-23-8-9-24-10-20-13-6-7-14(21)16-15(13)17(19-20)11-4-2-3-5-12(11)18(16)22/h2-7,21H,8-10H2,1H3. The summed E-state index contributed by atoms with van der Waals surface area (Å²) in [5.41, 5.74) is 3.10. The molecule has 0 saturated heterocycles. The van der Waals surface area contributed by atoms with E-state index in [-0.39, 0.29) is 18.3 Å². The topological polar surface area (TPSA) is 73.6 Å². The van der Waals surface area contributed by atoms with Gasteiger partial charge < -0.3 is 14.6 Å². The van der Waals surface area contributed by atoms with Gasteiger partial charge in [-0.2, -0.15) is 5.10 Å². The Morgan fingerprint density at radius 3 is 2.71 bits per heavy atom. The van der Waals surface area contributed by atoms with Gasteiger partial charge in [-0.1, -0.05) is 24.3 Å². The number of nitrogens with zero attached hydrogens (tertiary/aromatic N) is 2. The van der Waals surface area contributed by atoms with Gasteiger partial charge in [0.25, 0.3) is 0 Å². The molecule has 2 aromatic carbocycles. The number of rotatable bonds is 5. The van der Waals surface area contributed by atoms with Crippen LogP contribution >= 0.6 is 0 Å². The number of fused-ring (bicyclic) bond motifs is 2. The highest BCUT2D eigenvalue weighted by Crippen LogP contribution is 2.42. The molecule has 1 N–H and O–H groups in total. The van der Waals surface area contributed by atoms with E-state index in [1.165, 1.54) is 6.07 Å². The van der Waals surface area contributed by atoms with Crippen LogP contribution in [0, 0.1) is 0 Å². The number of carbonyl (C=O) groups is 1. The molecule has 0 radical (unpaired) electrons. The summed E-state index contributed by atoms with van der Waals surface area (Å²) < 4.78 is 12.2. The lowest BCUT2D eigenvalue weighted by atomic mass is 9.87. The zero-order valence-electron chi connectivity index (χ0n) is 13.2. The van der Waals surface area contributed by atoms with E-state index in [4.69, 9.17) is 9.47 Å². The number of aromatic hydroxyl groups is 1. The molecule has 0 fully saturated rings. The summed E-state index contributed by atoms with van der Waals surface area (Å²) in [4.78, 5) is 12.8. The molecule has 1 aliphatic rings. The lowest BCUT2D eigenvalue weighted by molar-refractivity contribution is 0.0309. The molecule has 1 heterocycles. The number of hydrogen-bond acceptors (Lipinski definition) is 5. The SMILES string of the molecule is COCCOCn1nc2c3c(c(O)ccc31)C(=O)c1ccccc1-2. The van der Waals surface area contributed by atoms with Crippen molar-refractivity contribution in [2.75, 3.05) is 20.3 Å². The van der Waals surface area contributed by atoms with Gasteiger partial charge in [0.15, 0.2) is 5.78 Å². The van der Waals surface area contributed by atoms with Crippen LogP contribution in [0.4, 0.5) is 0 Å². The Balaban J connectivity index is 1.89. The van der Waals surface area contributed by atoms with Crippen LogP contribution in [0.15, 0.2) is 36.4 Å². The second-order valence-electron chi connectivity index (χ2n) is 5.61. The number of carbonyl (C=O) groups excluding carboxylic acids is 1. The Kier molecular flexibility index (Phi) is 3.55. The minimum absolute atomic E-state index is 0.0249. The smallest absolute Gasteiger partial charge is 0.198 e. The van der Waals surface area contributed by atoms with E-state index < -0.39 is 0 Å². The molecule has 0 atom stereocenters. The van der Waals surface area contributed by atoms with Crippen LogP contribution in [-0.4, -0.2) is 41.0 Å². The molecule has 24 heavy (non-hydrogen) atoms. The number of ketones is 1. The minimum atomic E-state index is -0.180. The molecule has 4 rings (SSSR count). The van der Waals surface area contributed by atoms with Crippen molar-refractivity contribution in [2.24, 2.45) is 0 Å². The fraction of sp³-hybridized carbons (Fsp3) is 0.222. The van der Waals surface area contributed by atoms with E-state index in [1.807, 2.05) is 18.2 Å². The van der Waals surface area contributed by atoms with Gasteiger partial charge in [-0.05, 0) is 12.1 Å². The van der Waals surface area contributed by atoms with Crippen molar-refractivity contribution in [3.05, 3.63) is 47.5 Å². The highest BCUT2D eigenvalue weighted by atomic mass is 16.5. The van der Waals surface area contributed by atoms with Crippen LogP contribution in [0.5, 0.6) is 5.75 Å². The zero-order valence-corrected chi connectivity index (χ0v) is 13.2. The van der Waals surface area contributed by atoms with Crippen LogP contribution in [0.3, 0.4) is 0 Å². The van der Waals surface area contributed by atoms with Gasteiger partial charge >= 0.3 is 0 Å². The number of ether oxygens (including phenoxy) is 2. The van der Waals surface area contributed by atoms with E-state index in [2.05, 4.69) is 5.10 Å². The summed E-state index contributed by atoms with van der Waals surface area (Å²) in [5.74, 6) is -0.204. The molecule has 0 saturated carbocycles. The van der Waals surface area contributed by atoms with Crippen LogP contribution in [0.25, 0.3) is 22.2 Å². The second kappa shape index (κ2) is 5.74. The van der Waals surface area contributed by atoms with Gasteiger partial charge in [-0.3, -0.25) is 4.79 Å². The van der Waals surface area contributed by atoms with Gasteiger partial charge in [-0.15, -0.1) is 0 Å². The van der Waals surface area contributed by atoms with E-state index in [0.29, 0.717) is 35.4 Å². The van der Waals surface area contributed by atoms with Crippen molar-refractivity contribution in [3.8, 4) is 17.0 Å².